The fraction of sp³-hybridized carbons (Fsp3) is 0.318. The van der Waals surface area contributed by atoms with Crippen molar-refractivity contribution in [2.45, 2.75) is 25.4 Å². The van der Waals surface area contributed by atoms with Gasteiger partial charge in [-0.05, 0) is 36.6 Å². The lowest BCUT2D eigenvalue weighted by atomic mass is 9.97. The number of ether oxygens (including phenoxy) is 1. The van der Waals surface area contributed by atoms with E-state index in [0.717, 1.165) is 33.6 Å². The van der Waals surface area contributed by atoms with Crippen LogP contribution in [-0.4, -0.2) is 41.5 Å². The highest BCUT2D eigenvalue weighted by Crippen LogP contribution is 2.34. The number of carbonyl (C=O) groups excluding carboxylic acids is 2. The van der Waals surface area contributed by atoms with Crippen molar-refractivity contribution < 1.29 is 14.3 Å². The number of piperidine rings is 1. The summed E-state index contributed by atoms with van der Waals surface area (Å²) in [5, 5.41) is 4.33. The van der Waals surface area contributed by atoms with Crippen molar-refractivity contribution >= 4 is 45.2 Å². The second kappa shape index (κ2) is 9.45. The van der Waals surface area contributed by atoms with Gasteiger partial charge in [-0.3, -0.25) is 4.79 Å². The summed E-state index contributed by atoms with van der Waals surface area (Å²) >= 11 is 7.75. The standard InChI is InChI=1S/C22H22ClN3O3S/c23-17-6-7-19-18(12-17)25-21(30-19)16-8-10-26(11-9-16)20(27)13-24-22(28)29-14-15-4-2-1-3-5-15/h1-7,12,16H,8-11,13-14H2,(H,24,28). The van der Waals surface area contributed by atoms with Crippen LogP contribution in [0.15, 0.2) is 48.5 Å². The Morgan fingerprint density at radius 1 is 1.17 bits per heavy atom. The highest BCUT2D eigenvalue weighted by molar-refractivity contribution is 7.18. The molecule has 3 aromatic rings. The lowest BCUT2D eigenvalue weighted by Gasteiger charge is -2.31. The van der Waals surface area contributed by atoms with E-state index in [1.54, 1.807) is 16.2 Å². The molecule has 0 atom stereocenters. The van der Waals surface area contributed by atoms with Crippen molar-refractivity contribution in [1.82, 2.24) is 15.2 Å². The average molecular weight is 444 g/mol. The number of carbonyl (C=O) groups is 2. The zero-order chi connectivity index (χ0) is 20.9. The van der Waals surface area contributed by atoms with Crippen LogP contribution in [0.25, 0.3) is 10.2 Å². The predicted molar refractivity (Wildman–Crippen MR) is 118 cm³/mol. The van der Waals surface area contributed by atoms with E-state index in [0.29, 0.717) is 24.0 Å². The van der Waals surface area contributed by atoms with E-state index >= 15 is 0 Å². The molecule has 0 unspecified atom stereocenters. The van der Waals surface area contributed by atoms with Crippen LogP contribution < -0.4 is 5.32 Å². The predicted octanol–water partition coefficient (Wildman–Crippen LogP) is 4.58. The molecule has 6 nitrogen and oxygen atoms in total. The van der Waals surface area contributed by atoms with Gasteiger partial charge in [-0.25, -0.2) is 9.78 Å². The molecule has 2 heterocycles. The van der Waals surface area contributed by atoms with Crippen molar-refractivity contribution in [3.8, 4) is 0 Å². The number of rotatable bonds is 5. The van der Waals surface area contributed by atoms with Gasteiger partial charge >= 0.3 is 6.09 Å². The molecule has 0 radical (unpaired) electrons. The van der Waals surface area contributed by atoms with Crippen LogP contribution in [0.1, 0.15) is 29.3 Å². The fourth-order valence-corrected chi connectivity index (χ4v) is 4.79. The summed E-state index contributed by atoms with van der Waals surface area (Å²) in [5.41, 5.74) is 1.83. The van der Waals surface area contributed by atoms with Crippen LogP contribution in [0.5, 0.6) is 0 Å². The molecule has 0 saturated carbocycles. The maximum Gasteiger partial charge on any atom is 0.407 e. The van der Waals surface area contributed by atoms with E-state index in [9.17, 15) is 9.59 Å². The summed E-state index contributed by atoms with van der Waals surface area (Å²) in [6.45, 7) is 1.43. The molecule has 30 heavy (non-hydrogen) atoms. The number of hydrogen-bond acceptors (Lipinski definition) is 5. The van der Waals surface area contributed by atoms with Gasteiger partial charge in [0, 0.05) is 24.0 Å². The van der Waals surface area contributed by atoms with Crippen LogP contribution >= 0.6 is 22.9 Å². The second-order valence-corrected chi connectivity index (χ2v) is 8.73. The van der Waals surface area contributed by atoms with Crippen molar-refractivity contribution in [2.75, 3.05) is 19.6 Å². The third-order valence-corrected chi connectivity index (χ3v) is 6.59. The number of amides is 2. The van der Waals surface area contributed by atoms with E-state index in [4.69, 9.17) is 21.3 Å². The molecule has 1 saturated heterocycles. The van der Waals surface area contributed by atoms with Crippen LogP contribution in [0.2, 0.25) is 5.02 Å². The number of thiazole rings is 1. The van der Waals surface area contributed by atoms with Gasteiger partial charge in [0.25, 0.3) is 0 Å². The Bertz CT molecular complexity index is 1030. The molecule has 1 aliphatic rings. The second-order valence-electron chi connectivity index (χ2n) is 7.23. The number of aromatic nitrogens is 1. The number of alkyl carbamates (subject to hydrolysis) is 1. The normalized spacial score (nSPS) is 14.6. The highest BCUT2D eigenvalue weighted by Gasteiger charge is 2.26. The number of halogens is 1. The van der Waals surface area contributed by atoms with Crippen molar-refractivity contribution in [3.63, 3.8) is 0 Å². The van der Waals surface area contributed by atoms with Crippen molar-refractivity contribution in [3.05, 3.63) is 64.1 Å². The summed E-state index contributed by atoms with van der Waals surface area (Å²) in [5.74, 6) is 0.246. The summed E-state index contributed by atoms with van der Waals surface area (Å²) in [6.07, 6.45) is 1.13. The smallest absolute Gasteiger partial charge is 0.407 e. The first kappa shape index (κ1) is 20.6. The number of likely N-dealkylation sites (tertiary alicyclic amines) is 1. The minimum atomic E-state index is -0.588. The van der Waals surface area contributed by atoms with Gasteiger partial charge in [0.2, 0.25) is 5.91 Å². The number of hydrogen-bond donors (Lipinski definition) is 1. The molecule has 0 aliphatic carbocycles. The summed E-state index contributed by atoms with van der Waals surface area (Å²) in [6, 6.07) is 15.2. The molecule has 1 aromatic heterocycles. The molecular weight excluding hydrogens is 422 g/mol. The molecular formula is C22H22ClN3O3S. The van der Waals surface area contributed by atoms with Gasteiger partial charge in [0.1, 0.15) is 13.2 Å². The third-order valence-electron chi connectivity index (χ3n) is 5.16. The summed E-state index contributed by atoms with van der Waals surface area (Å²) < 4.78 is 6.27. The van der Waals surface area contributed by atoms with E-state index < -0.39 is 6.09 Å². The zero-order valence-electron chi connectivity index (χ0n) is 16.3. The van der Waals surface area contributed by atoms with Crippen molar-refractivity contribution in [2.24, 2.45) is 0 Å². The molecule has 2 aromatic carbocycles. The first-order valence-electron chi connectivity index (χ1n) is 9.87. The number of nitrogens with zero attached hydrogens (tertiary/aromatic N) is 2. The summed E-state index contributed by atoms with van der Waals surface area (Å²) in [4.78, 5) is 30.8. The largest absolute Gasteiger partial charge is 0.445 e. The Morgan fingerprint density at radius 2 is 1.93 bits per heavy atom. The van der Waals surface area contributed by atoms with E-state index in [1.807, 2.05) is 48.5 Å². The maximum atomic E-state index is 12.4. The SMILES string of the molecule is O=C(NCC(=O)N1CCC(c2nc3cc(Cl)ccc3s2)CC1)OCc1ccccc1. The minimum Gasteiger partial charge on any atom is -0.445 e. The van der Waals surface area contributed by atoms with Gasteiger partial charge < -0.3 is 15.0 Å². The van der Waals surface area contributed by atoms with Crippen LogP contribution in [0.3, 0.4) is 0 Å². The number of benzene rings is 2. The Hall–Kier alpha value is -2.64. The molecule has 1 aliphatic heterocycles. The monoisotopic (exact) mass is 443 g/mol. The van der Waals surface area contributed by atoms with Gasteiger partial charge in [0.05, 0.1) is 15.2 Å². The Balaban J connectivity index is 1.22. The molecule has 8 heteroatoms. The van der Waals surface area contributed by atoms with Crippen LogP contribution in [-0.2, 0) is 16.1 Å². The van der Waals surface area contributed by atoms with E-state index in [1.165, 1.54) is 0 Å². The number of nitrogens with one attached hydrogen (secondary N) is 1. The maximum absolute atomic E-state index is 12.4. The molecule has 0 bridgehead atoms. The first-order valence-corrected chi connectivity index (χ1v) is 11.1. The van der Waals surface area contributed by atoms with Gasteiger partial charge in [-0.1, -0.05) is 41.9 Å². The Morgan fingerprint density at radius 3 is 2.70 bits per heavy atom. The summed E-state index contributed by atoms with van der Waals surface area (Å²) in [7, 11) is 0. The van der Waals surface area contributed by atoms with Gasteiger partial charge in [0.15, 0.2) is 0 Å². The van der Waals surface area contributed by atoms with Gasteiger partial charge in [-0.2, -0.15) is 0 Å². The van der Waals surface area contributed by atoms with Gasteiger partial charge in [-0.15, -0.1) is 11.3 Å². The topological polar surface area (TPSA) is 71.5 Å². The quantitative estimate of drug-likeness (QED) is 0.626. The van der Waals surface area contributed by atoms with Crippen molar-refractivity contribution in [1.29, 1.82) is 0 Å². The third kappa shape index (κ3) is 5.09. The van der Waals surface area contributed by atoms with E-state index in [-0.39, 0.29) is 19.1 Å². The fourth-order valence-electron chi connectivity index (χ4n) is 3.50. The lowest BCUT2D eigenvalue weighted by Crippen LogP contribution is -2.43. The van der Waals surface area contributed by atoms with E-state index in [2.05, 4.69) is 5.32 Å². The molecule has 0 spiro atoms. The lowest BCUT2D eigenvalue weighted by molar-refractivity contribution is -0.131. The van der Waals surface area contributed by atoms with Crippen LogP contribution in [0.4, 0.5) is 4.79 Å². The Labute approximate surface area is 183 Å². The molecule has 156 valence electrons. The zero-order valence-corrected chi connectivity index (χ0v) is 17.9. The Kier molecular flexibility index (Phi) is 6.50. The molecule has 1 fully saturated rings. The molecule has 2 amide bonds. The highest BCUT2D eigenvalue weighted by atomic mass is 35.5. The molecule has 1 N–H and O–H groups in total. The average Bonchev–Trinajstić information content (AvgIpc) is 3.20. The number of fused-ring (bicyclic) bond motifs is 1. The van der Waals surface area contributed by atoms with Crippen LogP contribution in [0, 0.1) is 0 Å². The first-order chi connectivity index (χ1) is 14.6. The minimum absolute atomic E-state index is 0.0576. The molecule has 4 rings (SSSR count).